The van der Waals surface area contributed by atoms with Gasteiger partial charge in [0.25, 0.3) is 0 Å². The van der Waals surface area contributed by atoms with Crippen molar-refractivity contribution in [3.05, 3.63) is 49.1 Å². The predicted molar refractivity (Wildman–Crippen MR) is 116 cm³/mol. The number of thioether (sulfide) groups is 1. The number of rotatable bonds is 7. The molecule has 29 heavy (non-hydrogen) atoms. The average molecular weight is 432 g/mol. The summed E-state index contributed by atoms with van der Waals surface area (Å²) in [5.74, 6) is -0.0834. The van der Waals surface area contributed by atoms with Crippen LogP contribution in [-0.4, -0.2) is 45.6 Å². The molecule has 0 aliphatic carbocycles. The molecule has 0 spiro atoms. The fourth-order valence-electron chi connectivity index (χ4n) is 3.20. The predicted octanol–water partition coefficient (Wildman–Crippen LogP) is 4.15. The van der Waals surface area contributed by atoms with Gasteiger partial charge >= 0.3 is 6.09 Å². The number of benzene rings is 2. The van der Waals surface area contributed by atoms with Crippen molar-refractivity contribution in [3.63, 3.8) is 0 Å². The largest absolute Gasteiger partial charge is 0.469 e. The monoisotopic (exact) mass is 431 g/mol. The van der Waals surface area contributed by atoms with Crippen LogP contribution in [0.4, 0.5) is 4.79 Å². The van der Waals surface area contributed by atoms with Crippen LogP contribution in [0.1, 0.15) is 13.8 Å². The Hall–Kier alpha value is -2.42. The first kappa shape index (κ1) is 21.3. The van der Waals surface area contributed by atoms with Crippen molar-refractivity contribution >= 4 is 51.5 Å². The summed E-state index contributed by atoms with van der Waals surface area (Å²) in [6.45, 7) is 6.52. The van der Waals surface area contributed by atoms with Crippen molar-refractivity contribution in [2.45, 2.75) is 31.1 Å². The summed E-state index contributed by atoms with van der Waals surface area (Å²) in [6.07, 6.45) is -1.44. The van der Waals surface area contributed by atoms with Crippen molar-refractivity contribution in [3.8, 4) is 5.75 Å². The van der Waals surface area contributed by atoms with E-state index in [-0.39, 0.29) is 6.61 Å². The lowest BCUT2D eigenvalue weighted by Gasteiger charge is -2.52. The molecule has 1 aliphatic heterocycles. The highest BCUT2D eigenvalue weighted by atomic mass is 32.2. The molecule has 2 aromatic rings. The van der Waals surface area contributed by atoms with Crippen LogP contribution >= 0.6 is 24.0 Å². The van der Waals surface area contributed by atoms with Gasteiger partial charge in [0.2, 0.25) is 12.1 Å². The van der Waals surface area contributed by atoms with Crippen LogP contribution in [0.2, 0.25) is 0 Å². The number of carbonyl (C=O) groups is 2. The Balaban J connectivity index is 1.92. The van der Waals surface area contributed by atoms with E-state index in [9.17, 15) is 14.7 Å². The van der Waals surface area contributed by atoms with E-state index in [1.54, 1.807) is 17.7 Å². The summed E-state index contributed by atoms with van der Waals surface area (Å²) in [4.78, 5) is 26.8. The average Bonchev–Trinajstić information content (AvgIpc) is 2.71. The van der Waals surface area contributed by atoms with Crippen LogP contribution in [0, 0.1) is 5.41 Å². The van der Waals surface area contributed by atoms with Crippen molar-refractivity contribution in [1.29, 1.82) is 0 Å². The molecule has 152 valence electrons. The normalized spacial score (nSPS) is 22.0. The molecule has 6 nitrogen and oxygen atoms in total. The number of hydrogen-bond acceptors (Lipinski definition) is 7. The summed E-state index contributed by atoms with van der Waals surface area (Å²) in [6, 6.07) is 11.3. The number of thiocarbonyl (C=S) groups is 1. The molecular formula is C21H21NO5S2. The van der Waals surface area contributed by atoms with Gasteiger partial charge in [-0.2, -0.15) is 0 Å². The molecule has 0 saturated carbocycles. The molecule has 2 amide bonds. The third-order valence-corrected chi connectivity index (χ3v) is 6.05. The molecule has 3 atom stereocenters. The molecule has 1 fully saturated rings. The number of aliphatic hydroxyl groups is 1. The number of hydrogen-bond donors (Lipinski definition) is 1. The summed E-state index contributed by atoms with van der Waals surface area (Å²) >= 11 is 6.38. The van der Waals surface area contributed by atoms with Crippen LogP contribution < -0.4 is 4.74 Å². The maximum atomic E-state index is 12.6. The van der Waals surface area contributed by atoms with E-state index in [1.165, 1.54) is 24.8 Å². The molecule has 3 rings (SSSR count). The SMILES string of the molecule is C=CCOC(=O)N1C(=O)[C@@](C)(C(C)O)[C@H]1Oc1ccc2c(SC=S)cccc2c1. The first-order valence-electron chi connectivity index (χ1n) is 8.93. The third kappa shape index (κ3) is 3.75. The van der Waals surface area contributed by atoms with E-state index in [4.69, 9.17) is 21.7 Å². The highest BCUT2D eigenvalue weighted by Gasteiger charge is 2.65. The zero-order valence-electron chi connectivity index (χ0n) is 16.0. The zero-order chi connectivity index (χ0) is 21.2. The number of aliphatic hydroxyl groups excluding tert-OH is 1. The lowest BCUT2D eigenvalue weighted by molar-refractivity contribution is -0.206. The molecule has 0 radical (unpaired) electrons. The first-order chi connectivity index (χ1) is 13.8. The number of ether oxygens (including phenoxy) is 2. The summed E-state index contributed by atoms with van der Waals surface area (Å²) in [7, 11) is 0. The highest BCUT2D eigenvalue weighted by molar-refractivity contribution is 8.20. The maximum Gasteiger partial charge on any atom is 0.419 e. The van der Waals surface area contributed by atoms with Crippen molar-refractivity contribution in [2.75, 3.05) is 6.61 Å². The topological polar surface area (TPSA) is 76.1 Å². The Labute approximate surface area is 178 Å². The van der Waals surface area contributed by atoms with E-state index in [0.717, 1.165) is 20.6 Å². The van der Waals surface area contributed by atoms with Crippen LogP contribution in [0.15, 0.2) is 53.9 Å². The fraction of sp³-hybridized carbons (Fsp3) is 0.286. The van der Waals surface area contributed by atoms with E-state index < -0.39 is 29.7 Å². The minimum Gasteiger partial charge on any atom is -0.469 e. The number of carbonyl (C=O) groups excluding carboxylic acids is 2. The number of likely N-dealkylation sites (tertiary alicyclic amines) is 1. The van der Waals surface area contributed by atoms with Gasteiger partial charge in [0, 0.05) is 9.59 Å². The number of fused-ring (bicyclic) bond motifs is 1. The zero-order valence-corrected chi connectivity index (χ0v) is 17.7. The van der Waals surface area contributed by atoms with Crippen LogP contribution in [0.25, 0.3) is 10.8 Å². The van der Waals surface area contributed by atoms with Gasteiger partial charge in [-0.15, -0.1) is 0 Å². The van der Waals surface area contributed by atoms with Gasteiger partial charge < -0.3 is 14.6 Å². The minimum atomic E-state index is -1.27. The molecule has 8 heteroatoms. The Morgan fingerprint density at radius 3 is 2.86 bits per heavy atom. The molecule has 2 aromatic carbocycles. The molecule has 0 aromatic heterocycles. The van der Waals surface area contributed by atoms with Gasteiger partial charge in [-0.25, -0.2) is 9.69 Å². The van der Waals surface area contributed by atoms with Crippen molar-refractivity contribution in [2.24, 2.45) is 5.41 Å². The fourth-order valence-corrected chi connectivity index (χ4v) is 4.09. The number of β-lactam (4-membered cyclic amide) rings is 1. The Morgan fingerprint density at radius 2 is 2.21 bits per heavy atom. The smallest absolute Gasteiger partial charge is 0.419 e. The van der Waals surface area contributed by atoms with Crippen LogP contribution in [0.3, 0.4) is 0 Å². The lowest BCUT2D eigenvalue weighted by Crippen LogP contribution is -2.74. The van der Waals surface area contributed by atoms with Crippen molar-refractivity contribution < 1.29 is 24.2 Å². The molecule has 0 bridgehead atoms. The quantitative estimate of drug-likeness (QED) is 0.305. The molecule has 1 heterocycles. The van der Waals surface area contributed by atoms with Crippen LogP contribution in [-0.2, 0) is 9.53 Å². The summed E-state index contributed by atoms with van der Waals surface area (Å²) in [5.41, 5.74) is -1.27. The minimum absolute atomic E-state index is 0.0307. The van der Waals surface area contributed by atoms with Gasteiger partial charge in [0.15, 0.2) is 0 Å². The molecule has 1 N–H and O–H groups in total. The second kappa shape index (κ2) is 8.52. The summed E-state index contributed by atoms with van der Waals surface area (Å²) in [5, 5.41) is 12.1. The van der Waals surface area contributed by atoms with E-state index >= 15 is 0 Å². The van der Waals surface area contributed by atoms with Crippen molar-refractivity contribution in [1.82, 2.24) is 4.90 Å². The second-order valence-corrected chi connectivity index (χ2v) is 8.27. The first-order valence-corrected chi connectivity index (χ1v) is 10.3. The van der Waals surface area contributed by atoms with Gasteiger partial charge in [0.1, 0.15) is 17.8 Å². The van der Waals surface area contributed by atoms with E-state index in [0.29, 0.717) is 5.75 Å². The Kier molecular flexibility index (Phi) is 6.26. The lowest BCUT2D eigenvalue weighted by atomic mass is 9.74. The molecule has 1 saturated heterocycles. The number of imide groups is 1. The van der Waals surface area contributed by atoms with Gasteiger partial charge in [-0.3, -0.25) is 4.79 Å². The van der Waals surface area contributed by atoms with Gasteiger partial charge in [-0.1, -0.05) is 48.8 Å². The summed E-state index contributed by atoms with van der Waals surface area (Å²) < 4.78 is 12.6. The third-order valence-electron chi connectivity index (χ3n) is 5.05. The van der Waals surface area contributed by atoms with Crippen LogP contribution in [0.5, 0.6) is 5.75 Å². The second-order valence-electron chi connectivity index (χ2n) is 6.82. The molecular weight excluding hydrogens is 410 g/mol. The standard InChI is InChI=1S/C21H21NO5S2/c1-4-10-26-20(25)22-18(24)21(3,13(2)23)19(22)27-15-8-9-16-14(11-15)6-5-7-17(16)29-12-28/h4-9,11-13,19,23H,1,10H2,2-3H3/t13?,19-,21-/m1/s1. The highest BCUT2D eigenvalue weighted by Crippen LogP contribution is 2.44. The molecule has 1 unspecified atom stereocenters. The Bertz CT molecular complexity index is 977. The van der Waals surface area contributed by atoms with Gasteiger partial charge in [0.05, 0.1) is 6.10 Å². The maximum absolute atomic E-state index is 12.6. The Morgan fingerprint density at radius 1 is 1.45 bits per heavy atom. The van der Waals surface area contributed by atoms with E-state index in [2.05, 4.69) is 6.58 Å². The number of nitrogens with zero attached hydrogens (tertiary/aromatic N) is 1. The molecule has 1 aliphatic rings. The van der Waals surface area contributed by atoms with Gasteiger partial charge in [-0.05, 0) is 48.9 Å². The van der Waals surface area contributed by atoms with E-state index in [1.807, 2.05) is 30.3 Å². The number of amides is 2.